The normalized spacial score (nSPS) is 13.4. The van der Waals surface area contributed by atoms with E-state index < -0.39 is 193 Å². The van der Waals surface area contributed by atoms with E-state index >= 15 is 0 Å². The van der Waals surface area contributed by atoms with E-state index in [2.05, 4.69) is 63.4 Å². The number of azo groups is 1. The maximum atomic E-state index is 14.5. The van der Waals surface area contributed by atoms with Crippen molar-refractivity contribution in [3.05, 3.63) is 154 Å². The predicted molar refractivity (Wildman–Crippen MR) is 435 cm³/mol. The van der Waals surface area contributed by atoms with Crippen LogP contribution in [0.2, 0.25) is 0 Å². The summed E-state index contributed by atoms with van der Waals surface area (Å²) in [7, 11) is 0. The van der Waals surface area contributed by atoms with E-state index in [9.17, 15) is 77.2 Å². The van der Waals surface area contributed by atoms with Gasteiger partial charge in [0.2, 0.25) is 53.2 Å². The molecule has 119 heavy (non-hydrogen) atoms. The Balaban J connectivity index is 1.15. The summed E-state index contributed by atoms with van der Waals surface area (Å²) in [5.74, 6) is -11.7. The van der Waals surface area contributed by atoms with E-state index in [1.807, 2.05) is 60.4 Å². The molecule has 12 amide bonds. The van der Waals surface area contributed by atoms with Gasteiger partial charge in [0.1, 0.15) is 73.3 Å². The van der Waals surface area contributed by atoms with E-state index in [4.69, 9.17) is 29.4 Å². The molecule has 0 saturated carbocycles. The molecular weight excluding hydrogens is 1540 g/mol. The number of nitrogens with zero attached hydrogens (tertiary/aromatic N) is 5. The highest BCUT2D eigenvalue weighted by Crippen LogP contribution is 2.44. The van der Waals surface area contributed by atoms with Gasteiger partial charge in [0, 0.05) is 56.3 Å². The standard InChI is InChI=1S/C82H108N16O21/c1-14-96(55-32-28-53(29-33-55)94-95-54-30-34-56(35-31-54)98(113)114)38-39-97(80(112)116-47-61-59-26-20-18-24-57(59)58-25-19-21-27-60(58)61)45-68(102)85-44-67(101)92-70(49(4)5)76(108)89-62(77(109)118-81(8,9)10)36-37-69(103)117-51(7)71(93-78(110)115-46-52-22-16-15-17-23-52)75(107)86-41-64(74(106)88-50(6)72(104)87-43-66(100)84-42-65(83)99)90-73(105)63(40-48(2)3)91-79(111)119-82(11,12)13/h15-35,48-51,61-64,70-71H,14,36-47H2,1-13H3,(H2,83,99)(H,84,100)(H,85,102)(H,86,107)(H,87,104)(H,88,106)(H,89,108)(H,90,105)(H,91,111)(H,92,101)(H,93,110)/t50-,51+,62-,63-,64+,70-,71-/m0/s1. The quantitative estimate of drug-likeness (QED) is 0.00707. The first-order chi connectivity index (χ1) is 56.2. The lowest BCUT2D eigenvalue weighted by Crippen LogP contribution is -2.61. The first-order valence-electron chi connectivity index (χ1n) is 38.8. The Hall–Kier alpha value is -13.1. The summed E-state index contributed by atoms with van der Waals surface area (Å²) in [5.41, 5.74) is 8.88. The molecule has 0 spiro atoms. The van der Waals surface area contributed by atoms with Crippen LogP contribution in [-0.2, 0) is 83.0 Å². The van der Waals surface area contributed by atoms with Crippen LogP contribution in [0.5, 0.6) is 0 Å². The molecule has 7 atom stereocenters. The molecule has 0 aliphatic heterocycles. The summed E-state index contributed by atoms with van der Waals surface area (Å²) in [6.07, 6.45) is -5.85. The first-order valence-corrected chi connectivity index (χ1v) is 38.8. The topological polar surface area (TPSA) is 506 Å². The van der Waals surface area contributed by atoms with Crippen LogP contribution in [0.3, 0.4) is 0 Å². The number of anilines is 1. The Morgan fingerprint density at radius 1 is 0.546 bits per heavy atom. The molecule has 0 bridgehead atoms. The van der Waals surface area contributed by atoms with Crippen molar-refractivity contribution < 1.29 is 95.7 Å². The molecule has 6 rings (SSSR count). The summed E-state index contributed by atoms with van der Waals surface area (Å²) in [5, 5.41) is 43.9. The van der Waals surface area contributed by atoms with Crippen molar-refractivity contribution >= 4 is 106 Å². The summed E-state index contributed by atoms with van der Waals surface area (Å²) in [4.78, 5) is 204. The smallest absolute Gasteiger partial charge is 0.410 e. The van der Waals surface area contributed by atoms with Crippen LogP contribution >= 0.6 is 0 Å². The number of non-ortho nitro benzene ring substituents is 1. The molecule has 642 valence electrons. The van der Waals surface area contributed by atoms with E-state index in [-0.39, 0.29) is 50.2 Å². The monoisotopic (exact) mass is 1650 g/mol. The van der Waals surface area contributed by atoms with Gasteiger partial charge in [-0.25, -0.2) is 19.2 Å². The number of rotatable bonds is 42. The van der Waals surface area contributed by atoms with Gasteiger partial charge in [-0.05, 0) is 151 Å². The number of alkyl carbamates (subject to hydrolysis) is 2. The van der Waals surface area contributed by atoms with Crippen molar-refractivity contribution in [2.45, 2.75) is 175 Å². The molecule has 0 radical (unpaired) electrons. The number of ether oxygens (including phenoxy) is 5. The van der Waals surface area contributed by atoms with Gasteiger partial charge < -0.3 is 87.5 Å². The minimum atomic E-state index is -1.88. The highest BCUT2D eigenvalue weighted by atomic mass is 16.6. The molecule has 37 heteroatoms. The number of nitro groups is 1. The van der Waals surface area contributed by atoms with Crippen molar-refractivity contribution in [3.63, 3.8) is 0 Å². The fraction of sp³-hybridized carbons (Fsp3) is 0.463. The molecule has 0 aromatic heterocycles. The molecule has 1 aliphatic rings. The number of hydrogen-bond donors (Lipinski definition) is 11. The van der Waals surface area contributed by atoms with Gasteiger partial charge in [-0.2, -0.15) is 10.2 Å². The van der Waals surface area contributed by atoms with Crippen molar-refractivity contribution in [3.8, 4) is 11.1 Å². The Labute approximate surface area is 689 Å². The first kappa shape index (κ1) is 94.7. The summed E-state index contributed by atoms with van der Waals surface area (Å²) in [6, 6.07) is 27.0. The van der Waals surface area contributed by atoms with E-state index in [0.717, 1.165) is 27.9 Å². The third kappa shape index (κ3) is 32.1. The van der Waals surface area contributed by atoms with Crippen molar-refractivity contribution in [1.82, 2.24) is 58.1 Å². The van der Waals surface area contributed by atoms with Gasteiger partial charge in [0.15, 0.2) is 0 Å². The summed E-state index contributed by atoms with van der Waals surface area (Å²) < 4.78 is 28.2. The maximum Gasteiger partial charge on any atom is 0.410 e. The minimum absolute atomic E-state index is 0.00254. The van der Waals surface area contributed by atoms with Gasteiger partial charge in [0.25, 0.3) is 5.69 Å². The molecular formula is C82H108N16O21. The molecule has 0 unspecified atom stereocenters. The lowest BCUT2D eigenvalue weighted by Gasteiger charge is -2.28. The molecule has 5 aromatic rings. The molecule has 12 N–H and O–H groups in total. The summed E-state index contributed by atoms with van der Waals surface area (Å²) >= 11 is 0. The zero-order valence-corrected chi connectivity index (χ0v) is 69.0. The second-order valence-electron chi connectivity index (χ2n) is 30.7. The van der Waals surface area contributed by atoms with E-state index in [1.54, 1.807) is 124 Å². The van der Waals surface area contributed by atoms with Crippen molar-refractivity contribution in [2.75, 3.05) is 63.9 Å². The number of esters is 2. The molecule has 0 fully saturated rings. The molecule has 0 heterocycles. The van der Waals surface area contributed by atoms with Crippen molar-refractivity contribution in [2.24, 2.45) is 27.8 Å². The number of hydrogen-bond acceptors (Lipinski definition) is 24. The Morgan fingerprint density at radius 3 is 1.68 bits per heavy atom. The number of carbonyl (C=O) groups excluding carboxylic acids is 14. The van der Waals surface area contributed by atoms with Crippen molar-refractivity contribution in [1.29, 1.82) is 0 Å². The van der Waals surface area contributed by atoms with Gasteiger partial charge in [-0.3, -0.25) is 63.0 Å². The minimum Gasteiger partial charge on any atom is -0.460 e. The Morgan fingerprint density at radius 2 is 1.11 bits per heavy atom. The number of likely N-dealkylation sites (N-methyl/N-ethyl adjacent to an activating group) is 1. The molecule has 5 aromatic carbocycles. The molecule has 0 saturated heterocycles. The van der Waals surface area contributed by atoms with Crippen LogP contribution in [0.1, 0.15) is 132 Å². The number of primary amides is 1. The fourth-order valence-corrected chi connectivity index (χ4v) is 11.9. The lowest BCUT2D eigenvalue weighted by atomic mass is 9.98. The number of nitrogens with one attached hydrogen (secondary N) is 10. The Bertz CT molecular complexity index is 4370. The molecule has 1 aliphatic carbocycles. The number of nitro benzene ring substituents is 1. The second-order valence-corrected chi connectivity index (χ2v) is 30.7. The van der Waals surface area contributed by atoms with E-state index in [0.29, 0.717) is 23.5 Å². The van der Waals surface area contributed by atoms with Gasteiger partial charge >= 0.3 is 30.2 Å². The number of nitrogens with two attached hydrogens (primary N) is 1. The van der Waals surface area contributed by atoms with Gasteiger partial charge in [-0.15, -0.1) is 0 Å². The number of fused-ring (bicyclic) bond motifs is 3. The van der Waals surface area contributed by atoms with Crippen LogP contribution < -0.4 is 63.8 Å². The third-order valence-electron chi connectivity index (χ3n) is 17.9. The van der Waals surface area contributed by atoms with Gasteiger partial charge in [-0.1, -0.05) is 107 Å². The van der Waals surface area contributed by atoms with Crippen LogP contribution in [-0.4, -0.2) is 206 Å². The summed E-state index contributed by atoms with van der Waals surface area (Å²) in [6.45, 7) is 17.4. The predicted octanol–water partition coefficient (Wildman–Crippen LogP) is 5.94. The number of benzene rings is 5. The number of carbonyl (C=O) groups is 14. The zero-order chi connectivity index (χ0) is 87.8. The van der Waals surface area contributed by atoms with Crippen LogP contribution in [0, 0.1) is 22.0 Å². The van der Waals surface area contributed by atoms with E-state index in [1.165, 1.54) is 43.0 Å². The average Bonchev–Trinajstić information content (AvgIpc) is 1.61. The highest BCUT2D eigenvalue weighted by molar-refractivity contribution is 5.97. The van der Waals surface area contributed by atoms with Gasteiger partial charge in [0.05, 0.1) is 35.9 Å². The van der Waals surface area contributed by atoms with Crippen LogP contribution in [0.25, 0.3) is 11.1 Å². The van der Waals surface area contributed by atoms with Crippen LogP contribution in [0.15, 0.2) is 138 Å². The number of amides is 12. The average molecular weight is 1650 g/mol. The maximum absolute atomic E-state index is 14.5. The zero-order valence-electron chi connectivity index (χ0n) is 69.0. The third-order valence-corrected chi connectivity index (χ3v) is 17.9. The SMILES string of the molecule is CCN(CCN(CC(=O)NCC(=O)N[C@H](C(=O)N[C@@H](CCC(=O)O[C@H](C)[C@H](NC(=O)OCc1ccccc1)C(=O)NC[C@@H](NC(=O)[C@H](CC(C)C)NC(=O)OC(C)(C)C)C(=O)N[C@@H](C)C(=O)NCC(=O)NCC(N)=O)C(=O)OC(C)(C)C)C(C)C)C(=O)OCC1c2ccccc2-c2ccccc21)c1ccc(N=Nc2ccc([N+](=O)[O-])cc2)cc1. The van der Waals surface area contributed by atoms with Crippen LogP contribution in [0.4, 0.5) is 37.1 Å². The second kappa shape index (κ2) is 45.4. The Kier molecular flexibility index (Phi) is 36.1. The molecule has 37 nitrogen and oxygen atoms in total. The lowest BCUT2D eigenvalue weighted by molar-refractivity contribution is -0.384. The highest BCUT2D eigenvalue weighted by Gasteiger charge is 2.38. The largest absolute Gasteiger partial charge is 0.460 e. The fourth-order valence-electron chi connectivity index (χ4n) is 11.9.